The molecule has 0 heterocycles. The Morgan fingerprint density at radius 2 is 0.750 bits per heavy atom. The molecule has 0 saturated heterocycles. The first-order valence-electron chi connectivity index (χ1n) is 3.45. The van der Waals surface area contributed by atoms with Crippen molar-refractivity contribution in [3.05, 3.63) is 43.8 Å². The van der Waals surface area contributed by atoms with Crippen LogP contribution >= 0.6 is 0 Å². The van der Waals surface area contributed by atoms with Gasteiger partial charge in [-0.1, -0.05) is 50.2 Å². The molecule has 0 bridgehead atoms. The predicted molar refractivity (Wildman–Crippen MR) is 52.3 cm³/mol. The standard InChI is InChI=1S/C6H6.C2H6.CH4O.CH3.Y/c1-2-4-6-5-3-1;2*1-2;;/h1-6H;1-2H3;2H,1H3;1H3;/q;;;-1;. The molecular formula is C10H19OY-. The Morgan fingerprint density at radius 3 is 0.833 bits per heavy atom. The van der Waals surface area contributed by atoms with Gasteiger partial charge >= 0.3 is 0 Å². The van der Waals surface area contributed by atoms with Crippen LogP contribution in [0.25, 0.3) is 0 Å². The predicted octanol–water partition coefficient (Wildman–Crippen LogP) is 2.77. The van der Waals surface area contributed by atoms with Crippen LogP contribution in [0.2, 0.25) is 0 Å². The van der Waals surface area contributed by atoms with Crippen molar-refractivity contribution in [1.29, 1.82) is 0 Å². The van der Waals surface area contributed by atoms with Crippen LogP contribution in [0.15, 0.2) is 36.4 Å². The molecule has 0 aromatic heterocycles. The summed E-state index contributed by atoms with van der Waals surface area (Å²) >= 11 is 0. The minimum Gasteiger partial charge on any atom is -0.400 e. The smallest absolute Gasteiger partial charge is 0.0319 e. The van der Waals surface area contributed by atoms with Crippen molar-refractivity contribution in [2.24, 2.45) is 0 Å². The molecule has 0 fully saturated rings. The zero-order chi connectivity index (χ0) is 8.24. The molecule has 0 unspecified atom stereocenters. The fourth-order valence-corrected chi connectivity index (χ4v) is 0.385. The van der Waals surface area contributed by atoms with Crippen LogP contribution in [-0.2, 0) is 32.7 Å². The Hall–Kier alpha value is 0.284. The van der Waals surface area contributed by atoms with Crippen LogP contribution in [0.1, 0.15) is 13.8 Å². The van der Waals surface area contributed by atoms with Gasteiger partial charge in [-0.15, -0.1) is 0 Å². The van der Waals surface area contributed by atoms with Crippen molar-refractivity contribution in [3.8, 4) is 0 Å². The number of hydrogen-bond acceptors (Lipinski definition) is 1. The maximum absolute atomic E-state index is 7.00. The van der Waals surface area contributed by atoms with E-state index in [9.17, 15) is 0 Å². The quantitative estimate of drug-likeness (QED) is 0.696. The summed E-state index contributed by atoms with van der Waals surface area (Å²) < 4.78 is 0. The second kappa shape index (κ2) is 30.2. The molecule has 1 rings (SSSR count). The molecule has 0 atom stereocenters. The van der Waals surface area contributed by atoms with Crippen LogP contribution < -0.4 is 0 Å². The number of aliphatic hydroxyl groups is 1. The van der Waals surface area contributed by atoms with Crippen molar-refractivity contribution in [1.82, 2.24) is 0 Å². The third-order valence-corrected chi connectivity index (χ3v) is 0.667. The fraction of sp³-hybridized carbons (Fsp3) is 0.300. The molecule has 1 aromatic carbocycles. The first kappa shape index (κ1) is 22.8. The SMILES string of the molecule is CC.CO.[CH3-].[Y].c1ccccc1. The Balaban J connectivity index is -0.0000000480. The van der Waals surface area contributed by atoms with Gasteiger partial charge in [-0.05, 0) is 0 Å². The third-order valence-electron chi connectivity index (χ3n) is 0.667. The van der Waals surface area contributed by atoms with E-state index in [-0.39, 0.29) is 40.1 Å². The Morgan fingerprint density at radius 1 is 0.667 bits per heavy atom. The molecule has 12 heavy (non-hydrogen) atoms. The van der Waals surface area contributed by atoms with Crippen LogP contribution in [-0.4, -0.2) is 12.2 Å². The van der Waals surface area contributed by atoms with Crippen LogP contribution in [0.5, 0.6) is 0 Å². The minimum absolute atomic E-state index is 0. The van der Waals surface area contributed by atoms with E-state index in [0.717, 1.165) is 7.11 Å². The van der Waals surface area contributed by atoms with Gasteiger partial charge in [0.15, 0.2) is 0 Å². The van der Waals surface area contributed by atoms with Gasteiger partial charge in [0.05, 0.1) is 0 Å². The summed E-state index contributed by atoms with van der Waals surface area (Å²) in [6.07, 6.45) is 0. The van der Waals surface area contributed by atoms with E-state index >= 15 is 0 Å². The van der Waals surface area contributed by atoms with Gasteiger partial charge in [-0.25, -0.2) is 0 Å². The Labute approximate surface area is 102 Å². The molecule has 0 spiro atoms. The second-order valence-electron chi connectivity index (χ2n) is 1.15. The fourth-order valence-electron chi connectivity index (χ4n) is 0.385. The molecule has 1 nitrogen and oxygen atoms in total. The normalized spacial score (nSPS) is 5.00. The summed E-state index contributed by atoms with van der Waals surface area (Å²) in [4.78, 5) is 0. The largest absolute Gasteiger partial charge is 0.400 e. The molecule has 1 aromatic rings. The average Bonchev–Trinajstić information content (AvgIpc) is 2.14. The van der Waals surface area contributed by atoms with Gasteiger partial charge in [0.1, 0.15) is 0 Å². The number of hydrogen-bond donors (Lipinski definition) is 1. The zero-order valence-electron chi connectivity index (χ0n) is 8.49. The maximum atomic E-state index is 7.00. The van der Waals surface area contributed by atoms with Gasteiger partial charge in [-0.3, -0.25) is 0 Å². The second-order valence-corrected chi connectivity index (χ2v) is 1.15. The molecule has 0 saturated carbocycles. The number of aliphatic hydroxyl groups excluding tert-OH is 1. The van der Waals surface area contributed by atoms with E-state index in [4.69, 9.17) is 5.11 Å². The van der Waals surface area contributed by atoms with E-state index in [2.05, 4.69) is 0 Å². The van der Waals surface area contributed by atoms with Crippen molar-refractivity contribution in [2.45, 2.75) is 13.8 Å². The first-order chi connectivity index (χ1) is 5.00. The Kier molecular flexibility index (Phi) is 57.4. The van der Waals surface area contributed by atoms with Crippen molar-refractivity contribution >= 4 is 0 Å². The summed E-state index contributed by atoms with van der Waals surface area (Å²) in [6.45, 7) is 4.00. The summed E-state index contributed by atoms with van der Waals surface area (Å²) in [5.74, 6) is 0. The third kappa shape index (κ3) is 22.4. The van der Waals surface area contributed by atoms with Crippen molar-refractivity contribution in [3.63, 3.8) is 0 Å². The molecule has 0 aliphatic heterocycles. The van der Waals surface area contributed by atoms with Crippen molar-refractivity contribution < 1.29 is 37.8 Å². The molecule has 1 N–H and O–H groups in total. The van der Waals surface area contributed by atoms with Gasteiger partial charge in [-0.2, -0.15) is 0 Å². The van der Waals surface area contributed by atoms with E-state index < -0.39 is 0 Å². The molecule has 2 heteroatoms. The van der Waals surface area contributed by atoms with E-state index in [1.165, 1.54) is 0 Å². The first-order valence-corrected chi connectivity index (χ1v) is 3.45. The minimum atomic E-state index is 0. The summed E-state index contributed by atoms with van der Waals surface area (Å²) in [5, 5.41) is 7.00. The number of benzene rings is 1. The van der Waals surface area contributed by atoms with Gasteiger partial charge < -0.3 is 12.5 Å². The molecular weight excluding hydrogens is 225 g/mol. The molecule has 0 aliphatic rings. The van der Waals surface area contributed by atoms with E-state index in [1.54, 1.807) is 0 Å². The molecule has 69 valence electrons. The summed E-state index contributed by atoms with van der Waals surface area (Å²) in [7, 11) is 1.00. The monoisotopic (exact) mass is 244 g/mol. The summed E-state index contributed by atoms with van der Waals surface area (Å²) in [5.41, 5.74) is 0. The zero-order valence-corrected chi connectivity index (χ0v) is 11.3. The average molecular weight is 244 g/mol. The van der Waals surface area contributed by atoms with Gasteiger partial charge in [0.2, 0.25) is 0 Å². The maximum Gasteiger partial charge on any atom is 0.0319 e. The van der Waals surface area contributed by atoms with Gasteiger partial charge in [0.25, 0.3) is 0 Å². The molecule has 1 radical (unpaired) electrons. The van der Waals surface area contributed by atoms with Crippen LogP contribution in [0.3, 0.4) is 0 Å². The molecule has 0 aliphatic carbocycles. The van der Waals surface area contributed by atoms with Crippen molar-refractivity contribution in [2.75, 3.05) is 7.11 Å². The Bertz CT molecular complexity index is 81.8. The topological polar surface area (TPSA) is 20.2 Å². The number of rotatable bonds is 0. The molecule has 0 amide bonds. The van der Waals surface area contributed by atoms with E-state index in [0.29, 0.717) is 0 Å². The van der Waals surface area contributed by atoms with Crippen LogP contribution in [0, 0.1) is 7.43 Å². The summed E-state index contributed by atoms with van der Waals surface area (Å²) in [6, 6.07) is 12.0. The van der Waals surface area contributed by atoms with Gasteiger partial charge in [0, 0.05) is 39.8 Å². The van der Waals surface area contributed by atoms with Crippen LogP contribution in [0.4, 0.5) is 0 Å². The van der Waals surface area contributed by atoms with E-state index in [1.807, 2.05) is 50.2 Å².